The highest BCUT2D eigenvalue weighted by Crippen LogP contribution is 2.49. The van der Waals surface area contributed by atoms with E-state index >= 15 is 0 Å². The number of hydrogen-bond acceptors (Lipinski definition) is 3. The fourth-order valence-electron chi connectivity index (χ4n) is 3.19. The van der Waals surface area contributed by atoms with Crippen molar-refractivity contribution in [2.75, 3.05) is 5.73 Å². The van der Waals surface area contributed by atoms with Gasteiger partial charge in [-0.05, 0) is 24.3 Å². The number of H-pyrrole nitrogens is 1. The summed E-state index contributed by atoms with van der Waals surface area (Å²) in [4.78, 5) is 0.864. The van der Waals surface area contributed by atoms with Crippen molar-refractivity contribution < 1.29 is 13.2 Å². The van der Waals surface area contributed by atoms with Gasteiger partial charge in [0.2, 0.25) is 0 Å². The molecule has 3 N–H and O–H groups in total. The zero-order valence-electron chi connectivity index (χ0n) is 11.3. The third-order valence-electron chi connectivity index (χ3n) is 4.15. The lowest BCUT2D eigenvalue weighted by molar-refractivity contribution is -0.187. The van der Waals surface area contributed by atoms with Gasteiger partial charge in [0.15, 0.2) is 5.82 Å². The number of anilines is 1. The van der Waals surface area contributed by atoms with Crippen LogP contribution >= 0.6 is 11.3 Å². The minimum atomic E-state index is -4.18. The molecule has 1 fully saturated rings. The van der Waals surface area contributed by atoms with Gasteiger partial charge in [-0.2, -0.15) is 18.3 Å². The van der Waals surface area contributed by atoms with E-state index in [0.717, 1.165) is 11.3 Å². The lowest BCUT2D eigenvalue weighted by Crippen LogP contribution is -2.32. The van der Waals surface area contributed by atoms with E-state index in [1.54, 1.807) is 0 Å². The number of nitrogens with zero attached hydrogens (tertiary/aromatic N) is 1. The van der Waals surface area contributed by atoms with Gasteiger partial charge in [-0.25, -0.2) is 0 Å². The predicted molar refractivity (Wildman–Crippen MR) is 77.1 cm³/mol. The van der Waals surface area contributed by atoms with Gasteiger partial charge in [-0.15, -0.1) is 11.3 Å². The second-order valence-corrected chi connectivity index (χ2v) is 6.36. The predicted octanol–water partition coefficient (Wildman–Crippen LogP) is 4.56. The quantitative estimate of drug-likeness (QED) is 0.854. The maximum Gasteiger partial charge on any atom is 0.392 e. The SMILES string of the molecule is Nc1n[nH]c(C2CCCCC2C(F)(F)F)c1-c1cccs1. The van der Waals surface area contributed by atoms with Crippen LogP contribution in [0.15, 0.2) is 17.5 Å². The first kappa shape index (κ1) is 14.4. The molecule has 0 bridgehead atoms. The molecule has 0 aromatic carbocycles. The second kappa shape index (κ2) is 5.36. The molecule has 0 spiro atoms. The fraction of sp³-hybridized carbons (Fsp3) is 0.500. The first-order valence-corrected chi connectivity index (χ1v) is 7.80. The van der Waals surface area contributed by atoms with Crippen LogP contribution in [-0.2, 0) is 0 Å². The van der Waals surface area contributed by atoms with E-state index in [4.69, 9.17) is 5.73 Å². The first-order chi connectivity index (χ1) is 9.98. The standard InChI is InChI=1S/C14H16F3N3S/c15-14(16,17)9-5-2-1-4-8(9)12-11(13(18)20-19-12)10-6-3-7-21-10/h3,6-9H,1-2,4-5H2,(H3,18,19,20). The maximum atomic E-state index is 13.3. The molecule has 2 unspecified atom stereocenters. The van der Waals surface area contributed by atoms with Crippen LogP contribution in [0.1, 0.15) is 37.3 Å². The normalized spacial score (nSPS) is 23.4. The highest BCUT2D eigenvalue weighted by atomic mass is 32.1. The number of aromatic amines is 1. The number of rotatable bonds is 2. The van der Waals surface area contributed by atoms with Crippen LogP contribution in [0.3, 0.4) is 0 Å². The third kappa shape index (κ3) is 2.66. The molecule has 0 amide bonds. The van der Waals surface area contributed by atoms with E-state index in [0.29, 0.717) is 24.1 Å². The number of nitrogen functional groups attached to an aromatic ring is 1. The Bertz CT molecular complexity index is 604. The summed E-state index contributed by atoms with van der Waals surface area (Å²) in [7, 11) is 0. The van der Waals surface area contributed by atoms with E-state index in [1.165, 1.54) is 11.3 Å². The summed E-state index contributed by atoms with van der Waals surface area (Å²) in [5.41, 5.74) is 7.06. The van der Waals surface area contributed by atoms with Crippen molar-refractivity contribution in [1.82, 2.24) is 10.2 Å². The largest absolute Gasteiger partial charge is 0.392 e. The van der Waals surface area contributed by atoms with Gasteiger partial charge < -0.3 is 5.73 Å². The van der Waals surface area contributed by atoms with Crippen molar-refractivity contribution in [3.63, 3.8) is 0 Å². The molecule has 7 heteroatoms. The second-order valence-electron chi connectivity index (χ2n) is 5.41. The van der Waals surface area contributed by atoms with Crippen molar-refractivity contribution in [2.24, 2.45) is 5.92 Å². The van der Waals surface area contributed by atoms with Crippen LogP contribution in [0.4, 0.5) is 19.0 Å². The molecule has 3 rings (SSSR count). The number of nitrogens with one attached hydrogen (secondary N) is 1. The number of thiophene rings is 1. The Hall–Kier alpha value is -1.50. The molecule has 21 heavy (non-hydrogen) atoms. The number of alkyl halides is 3. The van der Waals surface area contributed by atoms with Gasteiger partial charge in [0.1, 0.15) is 0 Å². The molecule has 2 aromatic rings. The number of nitrogens with two attached hydrogens (primary N) is 1. The average Bonchev–Trinajstić information content (AvgIpc) is 3.06. The minimum absolute atomic E-state index is 0.178. The van der Waals surface area contributed by atoms with Crippen LogP contribution < -0.4 is 5.73 Å². The van der Waals surface area contributed by atoms with Crippen molar-refractivity contribution in [3.05, 3.63) is 23.2 Å². The minimum Gasteiger partial charge on any atom is -0.382 e. The summed E-state index contributed by atoms with van der Waals surface area (Å²) in [5, 5.41) is 8.60. The van der Waals surface area contributed by atoms with E-state index in [9.17, 15) is 13.2 Å². The molecular weight excluding hydrogens is 299 g/mol. The van der Waals surface area contributed by atoms with Crippen LogP contribution in [0.2, 0.25) is 0 Å². The molecule has 0 saturated heterocycles. The Morgan fingerprint density at radius 2 is 2.05 bits per heavy atom. The molecule has 2 heterocycles. The van der Waals surface area contributed by atoms with Crippen molar-refractivity contribution >= 4 is 17.2 Å². The molecule has 3 nitrogen and oxygen atoms in total. The Morgan fingerprint density at radius 1 is 1.29 bits per heavy atom. The van der Waals surface area contributed by atoms with Gasteiger partial charge in [-0.1, -0.05) is 18.9 Å². The van der Waals surface area contributed by atoms with Crippen molar-refractivity contribution in [3.8, 4) is 10.4 Å². The number of hydrogen-bond donors (Lipinski definition) is 2. The highest BCUT2D eigenvalue weighted by molar-refractivity contribution is 7.13. The lowest BCUT2D eigenvalue weighted by atomic mass is 9.76. The first-order valence-electron chi connectivity index (χ1n) is 6.93. The Morgan fingerprint density at radius 3 is 2.71 bits per heavy atom. The zero-order valence-corrected chi connectivity index (χ0v) is 12.1. The van der Waals surface area contributed by atoms with Gasteiger partial charge in [-0.3, -0.25) is 5.10 Å². The molecule has 114 valence electrons. The smallest absolute Gasteiger partial charge is 0.382 e. The summed E-state index contributed by atoms with van der Waals surface area (Å²) in [5.74, 6) is -1.62. The number of halogens is 3. The highest BCUT2D eigenvalue weighted by Gasteiger charge is 2.47. The number of aromatic nitrogens is 2. The molecule has 2 aromatic heterocycles. The fourth-order valence-corrected chi connectivity index (χ4v) is 3.98. The summed E-state index contributed by atoms with van der Waals surface area (Å²) in [6.45, 7) is 0. The zero-order chi connectivity index (χ0) is 15.0. The monoisotopic (exact) mass is 315 g/mol. The van der Waals surface area contributed by atoms with Crippen molar-refractivity contribution in [1.29, 1.82) is 0 Å². The van der Waals surface area contributed by atoms with Gasteiger partial charge in [0.05, 0.1) is 11.5 Å². The Labute approximate surface area is 124 Å². The molecule has 2 atom stereocenters. The van der Waals surface area contributed by atoms with Crippen LogP contribution in [0.5, 0.6) is 0 Å². The summed E-state index contributed by atoms with van der Waals surface area (Å²) in [6, 6.07) is 3.72. The third-order valence-corrected chi connectivity index (χ3v) is 5.03. The molecule has 1 aliphatic carbocycles. The molecule has 1 saturated carbocycles. The molecule has 1 aliphatic rings. The van der Waals surface area contributed by atoms with E-state index < -0.39 is 18.0 Å². The van der Waals surface area contributed by atoms with Gasteiger partial charge in [0.25, 0.3) is 0 Å². The van der Waals surface area contributed by atoms with E-state index in [2.05, 4.69) is 10.2 Å². The maximum absolute atomic E-state index is 13.3. The average molecular weight is 315 g/mol. The van der Waals surface area contributed by atoms with Gasteiger partial charge in [0, 0.05) is 16.5 Å². The molecule has 0 radical (unpaired) electrons. The van der Waals surface area contributed by atoms with Crippen molar-refractivity contribution in [2.45, 2.75) is 37.8 Å². The van der Waals surface area contributed by atoms with Crippen LogP contribution in [0.25, 0.3) is 10.4 Å². The van der Waals surface area contributed by atoms with Crippen LogP contribution in [0, 0.1) is 5.92 Å². The summed E-state index contributed by atoms with van der Waals surface area (Å²) < 4.78 is 39.9. The topological polar surface area (TPSA) is 54.7 Å². The van der Waals surface area contributed by atoms with E-state index in [1.807, 2.05) is 17.5 Å². The summed E-state index contributed by atoms with van der Waals surface area (Å²) in [6.07, 6.45) is -2.06. The Balaban J connectivity index is 2.03. The molecular formula is C14H16F3N3S. The molecule has 0 aliphatic heterocycles. The van der Waals surface area contributed by atoms with Gasteiger partial charge >= 0.3 is 6.18 Å². The summed E-state index contributed by atoms with van der Waals surface area (Å²) >= 11 is 1.46. The van der Waals surface area contributed by atoms with E-state index in [-0.39, 0.29) is 12.2 Å². The Kier molecular flexibility index (Phi) is 3.69. The lowest BCUT2D eigenvalue weighted by Gasteiger charge is -2.32. The van der Waals surface area contributed by atoms with Crippen LogP contribution in [-0.4, -0.2) is 16.4 Å².